The average molecular weight is 231 g/mol. The van der Waals surface area contributed by atoms with Crippen molar-refractivity contribution >= 4 is 11.0 Å². The number of fused-ring (bicyclic) bond motifs is 1. The fourth-order valence-corrected chi connectivity index (χ4v) is 2.15. The Balaban J connectivity index is 2.49. The maximum Gasteiger partial charge on any atom is 0.137 e. The van der Waals surface area contributed by atoms with E-state index in [1.54, 1.807) is 0 Å². The molecule has 0 aliphatic rings. The quantitative estimate of drug-likeness (QED) is 0.874. The number of benzene rings is 1. The second-order valence-electron chi connectivity index (χ2n) is 5.55. The van der Waals surface area contributed by atoms with Crippen LogP contribution in [0.5, 0.6) is 0 Å². The minimum atomic E-state index is 0.123. The topological polar surface area (TPSA) is 25.2 Å². The van der Waals surface area contributed by atoms with E-state index in [0.29, 0.717) is 0 Å². The van der Waals surface area contributed by atoms with Crippen molar-refractivity contribution in [2.45, 2.75) is 32.6 Å². The van der Waals surface area contributed by atoms with Crippen molar-refractivity contribution in [1.82, 2.24) is 5.32 Å². The highest BCUT2D eigenvalue weighted by Gasteiger charge is 2.19. The highest BCUT2D eigenvalue weighted by Crippen LogP contribution is 2.32. The van der Waals surface area contributed by atoms with Crippen LogP contribution < -0.4 is 5.32 Å². The predicted molar refractivity (Wildman–Crippen MR) is 72.5 cm³/mol. The number of rotatable bonds is 3. The van der Waals surface area contributed by atoms with Gasteiger partial charge in [-0.1, -0.05) is 39.0 Å². The van der Waals surface area contributed by atoms with Crippen LogP contribution in [0.3, 0.4) is 0 Å². The summed E-state index contributed by atoms with van der Waals surface area (Å²) in [7, 11) is 1.98. The third kappa shape index (κ3) is 2.37. The van der Waals surface area contributed by atoms with E-state index in [1.165, 1.54) is 16.5 Å². The number of nitrogens with one attached hydrogen (secondary N) is 1. The first-order valence-corrected chi connectivity index (χ1v) is 6.18. The molecule has 0 spiro atoms. The molecule has 1 aromatic heterocycles. The zero-order valence-corrected chi connectivity index (χ0v) is 11.1. The van der Waals surface area contributed by atoms with Gasteiger partial charge in [0.25, 0.3) is 0 Å². The van der Waals surface area contributed by atoms with Gasteiger partial charge in [0.05, 0.1) is 6.26 Å². The van der Waals surface area contributed by atoms with Gasteiger partial charge < -0.3 is 9.73 Å². The molecule has 2 rings (SSSR count). The van der Waals surface area contributed by atoms with Gasteiger partial charge in [0.15, 0.2) is 0 Å². The molecule has 2 heteroatoms. The summed E-state index contributed by atoms with van der Waals surface area (Å²) in [5.74, 6) is 0. The molecule has 0 radical (unpaired) electrons. The first kappa shape index (κ1) is 12.2. The summed E-state index contributed by atoms with van der Waals surface area (Å²) in [4.78, 5) is 0. The molecule has 0 aliphatic heterocycles. The van der Waals surface area contributed by atoms with Crippen molar-refractivity contribution in [2.75, 3.05) is 13.6 Å². The van der Waals surface area contributed by atoms with Crippen molar-refractivity contribution in [2.24, 2.45) is 0 Å². The van der Waals surface area contributed by atoms with Gasteiger partial charge in [-0.25, -0.2) is 0 Å². The van der Waals surface area contributed by atoms with Crippen LogP contribution in [-0.4, -0.2) is 13.6 Å². The van der Waals surface area contributed by atoms with E-state index in [1.807, 2.05) is 13.3 Å². The highest BCUT2D eigenvalue weighted by molar-refractivity contribution is 5.84. The first-order valence-electron chi connectivity index (χ1n) is 6.18. The number of hydrogen-bond acceptors (Lipinski definition) is 2. The Morgan fingerprint density at radius 3 is 2.65 bits per heavy atom. The summed E-state index contributed by atoms with van der Waals surface area (Å²) in [6, 6.07) is 6.44. The lowest BCUT2D eigenvalue weighted by atomic mass is 9.86. The van der Waals surface area contributed by atoms with Gasteiger partial charge >= 0.3 is 0 Å². The summed E-state index contributed by atoms with van der Waals surface area (Å²) < 4.78 is 5.78. The normalized spacial score (nSPS) is 12.2. The van der Waals surface area contributed by atoms with Crippen molar-refractivity contribution < 1.29 is 4.42 Å². The molecule has 0 aliphatic carbocycles. The highest BCUT2D eigenvalue weighted by atomic mass is 16.3. The van der Waals surface area contributed by atoms with E-state index in [-0.39, 0.29) is 5.41 Å². The van der Waals surface area contributed by atoms with Crippen LogP contribution in [0.1, 0.15) is 31.9 Å². The van der Waals surface area contributed by atoms with Crippen LogP contribution in [0.25, 0.3) is 11.0 Å². The van der Waals surface area contributed by atoms with Crippen LogP contribution in [0.4, 0.5) is 0 Å². The van der Waals surface area contributed by atoms with E-state index < -0.39 is 0 Å². The van der Waals surface area contributed by atoms with Gasteiger partial charge in [0, 0.05) is 10.9 Å². The van der Waals surface area contributed by atoms with Crippen LogP contribution >= 0.6 is 0 Å². The lowest BCUT2D eigenvalue weighted by Gasteiger charge is -2.18. The van der Waals surface area contributed by atoms with Crippen molar-refractivity contribution in [3.8, 4) is 0 Å². The molecule has 0 saturated heterocycles. The molecule has 0 fully saturated rings. The van der Waals surface area contributed by atoms with Gasteiger partial charge in [0.1, 0.15) is 5.58 Å². The Bertz CT molecular complexity index is 505. The van der Waals surface area contributed by atoms with Crippen molar-refractivity contribution in [3.05, 3.63) is 35.6 Å². The molecule has 92 valence electrons. The fourth-order valence-electron chi connectivity index (χ4n) is 2.15. The Morgan fingerprint density at radius 2 is 2.00 bits per heavy atom. The molecule has 2 nitrogen and oxygen atoms in total. The second kappa shape index (κ2) is 4.53. The molecule has 1 heterocycles. The van der Waals surface area contributed by atoms with Crippen molar-refractivity contribution in [1.29, 1.82) is 0 Å². The second-order valence-corrected chi connectivity index (χ2v) is 5.55. The maximum absolute atomic E-state index is 5.78. The lowest BCUT2D eigenvalue weighted by molar-refractivity contribution is 0.557. The third-order valence-corrected chi connectivity index (χ3v) is 3.13. The smallest absolute Gasteiger partial charge is 0.137 e. The van der Waals surface area contributed by atoms with Crippen LogP contribution in [-0.2, 0) is 11.8 Å². The molecule has 0 bridgehead atoms. The molecule has 0 saturated carbocycles. The largest absolute Gasteiger partial charge is 0.464 e. The summed E-state index contributed by atoms with van der Waals surface area (Å²) in [6.07, 6.45) is 2.91. The van der Waals surface area contributed by atoms with Crippen LogP contribution in [0.15, 0.2) is 28.9 Å². The number of furan rings is 1. The minimum Gasteiger partial charge on any atom is -0.464 e. The molecular formula is C15H21NO. The standard InChI is InChI=1S/C15H21NO/c1-15(2,3)13-7-5-6-12-11(8-9-16-4)10-17-14(12)13/h5-7,10,16H,8-9H2,1-4H3. The number of likely N-dealkylation sites (N-methyl/N-ethyl adjacent to an activating group) is 1. The van der Waals surface area contributed by atoms with Gasteiger partial charge in [-0.05, 0) is 31.0 Å². The molecule has 0 unspecified atom stereocenters. The molecule has 1 N–H and O–H groups in total. The predicted octanol–water partition coefficient (Wildman–Crippen LogP) is 3.49. The summed E-state index contributed by atoms with van der Waals surface area (Å²) in [5.41, 5.74) is 3.75. The van der Waals surface area contributed by atoms with E-state index in [2.05, 4.69) is 44.3 Å². The van der Waals surface area contributed by atoms with Crippen LogP contribution in [0, 0.1) is 0 Å². The summed E-state index contributed by atoms with van der Waals surface area (Å²) >= 11 is 0. The average Bonchev–Trinajstić information content (AvgIpc) is 2.67. The Hall–Kier alpha value is -1.28. The molecule has 2 aromatic rings. The molecule has 0 amide bonds. The number of para-hydroxylation sites is 1. The van der Waals surface area contributed by atoms with Crippen LogP contribution in [0.2, 0.25) is 0 Å². The molecular weight excluding hydrogens is 210 g/mol. The zero-order chi connectivity index (χ0) is 12.5. The Kier molecular flexibility index (Phi) is 3.25. The zero-order valence-electron chi connectivity index (χ0n) is 11.1. The van der Waals surface area contributed by atoms with Crippen molar-refractivity contribution in [3.63, 3.8) is 0 Å². The van der Waals surface area contributed by atoms with E-state index in [9.17, 15) is 0 Å². The van der Waals surface area contributed by atoms with E-state index >= 15 is 0 Å². The van der Waals surface area contributed by atoms with E-state index in [0.717, 1.165) is 18.5 Å². The minimum absolute atomic E-state index is 0.123. The lowest BCUT2D eigenvalue weighted by Crippen LogP contribution is -2.11. The van der Waals surface area contributed by atoms with Gasteiger partial charge in [-0.3, -0.25) is 0 Å². The van der Waals surface area contributed by atoms with E-state index in [4.69, 9.17) is 4.42 Å². The van der Waals surface area contributed by atoms with Gasteiger partial charge in [-0.15, -0.1) is 0 Å². The summed E-state index contributed by atoms with van der Waals surface area (Å²) in [5, 5.41) is 4.43. The molecule has 1 aromatic carbocycles. The fraction of sp³-hybridized carbons (Fsp3) is 0.467. The Morgan fingerprint density at radius 1 is 1.24 bits per heavy atom. The van der Waals surface area contributed by atoms with Gasteiger partial charge in [-0.2, -0.15) is 0 Å². The molecule has 17 heavy (non-hydrogen) atoms. The van der Waals surface area contributed by atoms with Gasteiger partial charge in [0.2, 0.25) is 0 Å². The SMILES string of the molecule is CNCCc1coc2c(C(C)(C)C)cccc12. The summed E-state index contributed by atoms with van der Waals surface area (Å²) in [6.45, 7) is 7.64. The monoisotopic (exact) mass is 231 g/mol. The maximum atomic E-state index is 5.78. The third-order valence-electron chi connectivity index (χ3n) is 3.13. The number of hydrogen-bond donors (Lipinski definition) is 1. The Labute approximate surface area is 103 Å². The molecule has 0 atom stereocenters. The first-order chi connectivity index (χ1) is 8.04.